The van der Waals surface area contributed by atoms with Gasteiger partial charge in [-0.15, -0.1) is 0 Å². The van der Waals surface area contributed by atoms with Crippen molar-refractivity contribution < 1.29 is 0 Å². The molecule has 0 saturated heterocycles. The van der Waals surface area contributed by atoms with Gasteiger partial charge in [0.25, 0.3) is 0 Å². The molecule has 3 N–H and O–H groups in total. The summed E-state index contributed by atoms with van der Waals surface area (Å²) in [5.74, 6) is 0. The zero-order valence-corrected chi connectivity index (χ0v) is 7.96. The van der Waals surface area contributed by atoms with Crippen molar-refractivity contribution in [3.63, 3.8) is 0 Å². The van der Waals surface area contributed by atoms with E-state index < -0.39 is 0 Å². The van der Waals surface area contributed by atoms with Gasteiger partial charge in [0.05, 0.1) is 11.1 Å². The van der Waals surface area contributed by atoms with E-state index in [2.05, 4.69) is 11.1 Å². The maximum Gasteiger partial charge on any atom is 0.101 e. The van der Waals surface area contributed by atoms with E-state index in [1.807, 2.05) is 19.1 Å². The van der Waals surface area contributed by atoms with Crippen LogP contribution >= 0.6 is 0 Å². The van der Waals surface area contributed by atoms with Crippen molar-refractivity contribution in [3.05, 3.63) is 35.0 Å². The van der Waals surface area contributed by atoms with Gasteiger partial charge in [0.15, 0.2) is 0 Å². The molecule has 1 aromatic carbocycles. The third-order valence-electron chi connectivity index (χ3n) is 2.48. The largest absolute Gasteiger partial charge is 0.357 e. The van der Waals surface area contributed by atoms with Gasteiger partial charge < -0.3 is 10.7 Å². The number of nitrogens with zero attached hydrogens (tertiary/aromatic N) is 1. The van der Waals surface area contributed by atoms with Crippen LogP contribution < -0.4 is 5.73 Å². The second-order valence-corrected chi connectivity index (χ2v) is 3.27. The number of aromatic nitrogens is 1. The second-order valence-electron chi connectivity index (χ2n) is 3.27. The highest BCUT2D eigenvalue weighted by molar-refractivity contribution is 5.89. The molecular weight excluding hydrogens is 174 g/mol. The fraction of sp³-hybridized carbons (Fsp3) is 0.182. The van der Waals surface area contributed by atoms with Crippen molar-refractivity contribution in [1.29, 1.82) is 5.26 Å². The van der Waals surface area contributed by atoms with Crippen molar-refractivity contribution in [1.82, 2.24) is 4.98 Å². The minimum absolute atomic E-state index is 0.501. The summed E-state index contributed by atoms with van der Waals surface area (Å²) in [7, 11) is 0. The first-order chi connectivity index (χ1) is 6.77. The molecule has 0 atom stereocenters. The van der Waals surface area contributed by atoms with Crippen LogP contribution in [0, 0.1) is 18.3 Å². The fourth-order valence-corrected chi connectivity index (χ4v) is 1.76. The summed E-state index contributed by atoms with van der Waals surface area (Å²) < 4.78 is 0. The number of benzene rings is 1. The first kappa shape index (κ1) is 8.79. The molecule has 0 fully saturated rings. The van der Waals surface area contributed by atoms with E-state index >= 15 is 0 Å². The number of nitrogens with two attached hydrogens (primary N) is 1. The van der Waals surface area contributed by atoms with Gasteiger partial charge in [-0.25, -0.2) is 0 Å². The molecule has 14 heavy (non-hydrogen) atoms. The molecule has 70 valence electrons. The van der Waals surface area contributed by atoms with E-state index in [4.69, 9.17) is 11.0 Å². The third kappa shape index (κ3) is 1.09. The number of para-hydroxylation sites is 1. The minimum Gasteiger partial charge on any atom is -0.357 e. The van der Waals surface area contributed by atoms with Gasteiger partial charge in [0.2, 0.25) is 0 Å². The highest BCUT2D eigenvalue weighted by Gasteiger charge is 2.08. The van der Waals surface area contributed by atoms with Gasteiger partial charge in [0.1, 0.15) is 6.07 Å². The van der Waals surface area contributed by atoms with E-state index in [1.54, 1.807) is 6.07 Å². The van der Waals surface area contributed by atoms with Crippen LogP contribution in [0.15, 0.2) is 18.2 Å². The first-order valence-electron chi connectivity index (χ1n) is 4.48. The molecule has 3 heteroatoms. The Morgan fingerprint density at radius 3 is 2.93 bits per heavy atom. The molecule has 1 heterocycles. The van der Waals surface area contributed by atoms with E-state index in [-0.39, 0.29) is 0 Å². The van der Waals surface area contributed by atoms with Crippen LogP contribution in [0.2, 0.25) is 0 Å². The van der Waals surface area contributed by atoms with Crippen LogP contribution in [-0.4, -0.2) is 4.98 Å². The predicted molar refractivity (Wildman–Crippen MR) is 55.6 cm³/mol. The van der Waals surface area contributed by atoms with E-state index in [0.717, 1.165) is 22.2 Å². The lowest BCUT2D eigenvalue weighted by Gasteiger charge is -1.95. The van der Waals surface area contributed by atoms with Gasteiger partial charge in [-0.1, -0.05) is 12.1 Å². The molecule has 0 spiro atoms. The Labute approximate surface area is 82.1 Å². The summed E-state index contributed by atoms with van der Waals surface area (Å²) in [4.78, 5) is 3.20. The molecule has 0 aliphatic rings. The lowest BCUT2D eigenvalue weighted by molar-refractivity contribution is 1.05. The van der Waals surface area contributed by atoms with Crippen LogP contribution in [-0.2, 0) is 6.54 Å². The van der Waals surface area contributed by atoms with Crippen LogP contribution in [0.3, 0.4) is 0 Å². The van der Waals surface area contributed by atoms with Crippen molar-refractivity contribution in [2.24, 2.45) is 5.73 Å². The Bertz CT molecular complexity index is 517. The fourth-order valence-electron chi connectivity index (χ4n) is 1.76. The summed E-state index contributed by atoms with van der Waals surface area (Å²) in [6.07, 6.45) is 0. The van der Waals surface area contributed by atoms with Crippen molar-refractivity contribution in [2.75, 3.05) is 0 Å². The summed E-state index contributed by atoms with van der Waals surface area (Å²) in [6, 6.07) is 7.84. The molecule has 3 nitrogen and oxygen atoms in total. The Balaban J connectivity index is 2.87. The Morgan fingerprint density at radius 2 is 2.29 bits per heavy atom. The molecule has 0 amide bonds. The quantitative estimate of drug-likeness (QED) is 0.711. The lowest BCUT2D eigenvalue weighted by Crippen LogP contribution is -1.96. The summed E-state index contributed by atoms with van der Waals surface area (Å²) >= 11 is 0. The van der Waals surface area contributed by atoms with Crippen molar-refractivity contribution in [3.8, 4) is 6.07 Å². The van der Waals surface area contributed by atoms with Gasteiger partial charge in [-0.05, 0) is 18.6 Å². The van der Waals surface area contributed by atoms with E-state index in [0.29, 0.717) is 12.1 Å². The first-order valence-corrected chi connectivity index (χ1v) is 4.48. The maximum absolute atomic E-state index is 8.91. The summed E-state index contributed by atoms with van der Waals surface area (Å²) in [6.45, 7) is 2.48. The van der Waals surface area contributed by atoms with E-state index in [1.165, 1.54) is 0 Å². The minimum atomic E-state index is 0.501. The number of aromatic amines is 1. The average molecular weight is 185 g/mol. The van der Waals surface area contributed by atoms with Gasteiger partial charge in [0, 0.05) is 17.6 Å². The van der Waals surface area contributed by atoms with Crippen LogP contribution in [0.5, 0.6) is 0 Å². The zero-order valence-electron chi connectivity index (χ0n) is 7.96. The number of H-pyrrole nitrogens is 1. The third-order valence-corrected chi connectivity index (χ3v) is 2.48. The van der Waals surface area contributed by atoms with Gasteiger partial charge in [-0.3, -0.25) is 0 Å². The summed E-state index contributed by atoms with van der Waals surface area (Å²) in [5.41, 5.74) is 9.36. The SMILES string of the molecule is Cc1[nH]c2c(C#N)cccc2c1CN. The van der Waals surface area contributed by atoms with Gasteiger partial charge >= 0.3 is 0 Å². The number of rotatable bonds is 1. The molecule has 2 aromatic rings. The monoisotopic (exact) mass is 185 g/mol. The molecule has 0 unspecified atom stereocenters. The smallest absolute Gasteiger partial charge is 0.101 e. The number of nitriles is 1. The number of fused-ring (bicyclic) bond motifs is 1. The zero-order chi connectivity index (χ0) is 10.1. The second kappa shape index (κ2) is 3.17. The standard InChI is InChI=1S/C11H11N3/c1-7-10(6-13)9-4-2-3-8(5-12)11(9)14-7/h2-4,14H,6,13H2,1H3. The molecule has 0 saturated carbocycles. The average Bonchev–Trinajstić information content (AvgIpc) is 2.52. The lowest BCUT2D eigenvalue weighted by atomic mass is 10.1. The molecular formula is C11H11N3. The van der Waals surface area contributed by atoms with Crippen molar-refractivity contribution in [2.45, 2.75) is 13.5 Å². The van der Waals surface area contributed by atoms with Crippen molar-refractivity contribution >= 4 is 10.9 Å². The van der Waals surface area contributed by atoms with Crippen LogP contribution in [0.25, 0.3) is 10.9 Å². The molecule has 0 bridgehead atoms. The molecule has 0 radical (unpaired) electrons. The Kier molecular flexibility index (Phi) is 1.99. The topological polar surface area (TPSA) is 65.6 Å². The highest BCUT2D eigenvalue weighted by atomic mass is 14.7. The number of aryl methyl sites for hydroxylation is 1. The number of hydrogen-bond acceptors (Lipinski definition) is 2. The number of hydrogen-bond donors (Lipinski definition) is 2. The van der Waals surface area contributed by atoms with Crippen LogP contribution in [0.1, 0.15) is 16.8 Å². The Hall–Kier alpha value is -1.79. The normalized spacial score (nSPS) is 10.4. The molecule has 1 aromatic heterocycles. The summed E-state index contributed by atoms with van der Waals surface area (Å²) in [5, 5.41) is 9.97. The molecule has 2 rings (SSSR count). The van der Waals surface area contributed by atoms with Crippen LogP contribution in [0.4, 0.5) is 0 Å². The van der Waals surface area contributed by atoms with E-state index in [9.17, 15) is 0 Å². The number of nitrogens with one attached hydrogen (secondary N) is 1. The Morgan fingerprint density at radius 1 is 1.50 bits per heavy atom. The predicted octanol–water partition coefficient (Wildman–Crippen LogP) is 1.81. The maximum atomic E-state index is 8.91. The van der Waals surface area contributed by atoms with Gasteiger partial charge in [-0.2, -0.15) is 5.26 Å². The highest BCUT2D eigenvalue weighted by Crippen LogP contribution is 2.23. The molecule has 0 aliphatic heterocycles. The molecule has 0 aliphatic carbocycles.